The lowest BCUT2D eigenvalue weighted by Gasteiger charge is -2.47. The van der Waals surface area contributed by atoms with Crippen molar-refractivity contribution in [3.8, 4) is 0 Å². The normalized spacial score (nSPS) is 24.4. The molecule has 2 atom stereocenters. The second kappa shape index (κ2) is 7.57. The molecule has 0 fully saturated rings. The number of hydrogen-bond donors (Lipinski definition) is 1. The minimum Gasteiger partial charge on any atom is -0.362 e. The fourth-order valence-corrected chi connectivity index (χ4v) is 5.25. The van der Waals surface area contributed by atoms with E-state index in [0.29, 0.717) is 36.1 Å². The second-order valence-corrected chi connectivity index (χ2v) is 8.60. The number of alkyl halides is 3. The summed E-state index contributed by atoms with van der Waals surface area (Å²) in [7, 11) is 0. The Kier molecular flexibility index (Phi) is 4.92. The average Bonchev–Trinajstić information content (AvgIpc) is 3.26. The first-order valence-electron chi connectivity index (χ1n) is 10.9. The Hall–Kier alpha value is -3.42. The molecule has 0 saturated heterocycles. The molecule has 3 aliphatic heterocycles. The maximum absolute atomic E-state index is 14.0. The molecule has 0 aromatic heterocycles. The Bertz CT molecular complexity index is 1230. The fourth-order valence-electron chi connectivity index (χ4n) is 5.25. The van der Waals surface area contributed by atoms with E-state index in [4.69, 9.17) is 0 Å². The summed E-state index contributed by atoms with van der Waals surface area (Å²) >= 11 is 0. The molecule has 0 spiro atoms. The van der Waals surface area contributed by atoms with Crippen molar-refractivity contribution >= 4 is 11.6 Å². The molecule has 2 aromatic rings. The number of amides is 1. The summed E-state index contributed by atoms with van der Waals surface area (Å²) in [4.78, 5) is 15.7. The lowest BCUT2D eigenvalue weighted by Crippen LogP contribution is -2.54. The van der Waals surface area contributed by atoms with Gasteiger partial charge in [-0.25, -0.2) is 0 Å². The number of nitrogens with one attached hydrogen (secondary N) is 1. The van der Waals surface area contributed by atoms with Crippen molar-refractivity contribution in [1.82, 2.24) is 5.32 Å². The predicted octanol–water partition coefficient (Wildman–Crippen LogP) is 5.63. The third-order valence-electron chi connectivity index (χ3n) is 6.78. The van der Waals surface area contributed by atoms with E-state index < -0.39 is 23.3 Å². The van der Waals surface area contributed by atoms with Crippen molar-refractivity contribution in [2.75, 3.05) is 11.4 Å². The number of aryl methyl sites for hydroxylation is 1. The van der Waals surface area contributed by atoms with Crippen LogP contribution in [0.25, 0.3) is 0 Å². The Morgan fingerprint density at radius 2 is 1.97 bits per heavy atom. The van der Waals surface area contributed by atoms with Crippen molar-refractivity contribution in [2.45, 2.75) is 44.4 Å². The fraction of sp³-hybridized carbons (Fsp3) is 0.320. The van der Waals surface area contributed by atoms with Crippen molar-refractivity contribution in [3.63, 3.8) is 0 Å². The molecule has 5 nitrogen and oxygen atoms in total. The Morgan fingerprint density at radius 1 is 1.18 bits per heavy atom. The van der Waals surface area contributed by atoms with Crippen molar-refractivity contribution in [1.29, 1.82) is 0 Å². The number of benzene rings is 2. The van der Waals surface area contributed by atoms with Crippen LogP contribution in [0.2, 0.25) is 0 Å². The number of carbonyl (C=O) groups is 1. The van der Waals surface area contributed by atoms with E-state index in [9.17, 15) is 18.0 Å². The van der Waals surface area contributed by atoms with E-state index in [2.05, 4.69) is 15.5 Å². The van der Waals surface area contributed by atoms with E-state index in [1.54, 1.807) is 17.2 Å². The summed E-state index contributed by atoms with van der Waals surface area (Å²) in [6.45, 7) is 4.32. The zero-order chi connectivity index (χ0) is 23.4. The molecule has 1 N–H and O–H groups in total. The Morgan fingerprint density at radius 3 is 2.70 bits per heavy atom. The molecule has 2 aromatic carbocycles. The molecule has 1 unspecified atom stereocenters. The van der Waals surface area contributed by atoms with Crippen LogP contribution in [0.1, 0.15) is 36.5 Å². The summed E-state index contributed by atoms with van der Waals surface area (Å²) in [6, 6.07) is 13.0. The number of hydrogen-bond acceptors (Lipinski definition) is 4. The van der Waals surface area contributed by atoms with Gasteiger partial charge in [-0.15, -0.1) is 0 Å². The molecular weight excluding hydrogens is 429 g/mol. The summed E-state index contributed by atoms with van der Waals surface area (Å²) in [6.07, 6.45) is -2.44. The van der Waals surface area contributed by atoms with Gasteiger partial charge in [-0.1, -0.05) is 37.3 Å². The smallest absolute Gasteiger partial charge is 0.362 e. The van der Waals surface area contributed by atoms with Crippen LogP contribution in [-0.4, -0.2) is 18.6 Å². The van der Waals surface area contributed by atoms with E-state index in [1.807, 2.05) is 38.1 Å². The molecule has 0 bridgehead atoms. The highest BCUT2D eigenvalue weighted by Gasteiger charge is 2.53. The molecule has 33 heavy (non-hydrogen) atoms. The third-order valence-corrected chi connectivity index (χ3v) is 6.78. The Labute approximate surface area is 189 Å². The number of fused-ring (bicyclic) bond motifs is 1. The molecule has 170 valence electrons. The van der Waals surface area contributed by atoms with Crippen LogP contribution >= 0.6 is 0 Å². The minimum atomic E-state index is -4.49. The van der Waals surface area contributed by atoms with Crippen molar-refractivity contribution < 1.29 is 18.0 Å². The average molecular weight is 452 g/mol. The van der Waals surface area contributed by atoms with Crippen LogP contribution in [0.15, 0.2) is 81.8 Å². The maximum atomic E-state index is 14.0. The van der Waals surface area contributed by atoms with E-state index in [1.165, 1.54) is 6.07 Å². The van der Waals surface area contributed by atoms with Gasteiger partial charge in [-0.05, 0) is 42.7 Å². The number of rotatable bonds is 3. The van der Waals surface area contributed by atoms with E-state index in [0.717, 1.165) is 29.1 Å². The number of carbonyl (C=O) groups excluding carboxylic acids is 1. The van der Waals surface area contributed by atoms with Crippen molar-refractivity contribution in [2.24, 2.45) is 10.2 Å². The quantitative estimate of drug-likeness (QED) is 0.656. The van der Waals surface area contributed by atoms with Crippen LogP contribution in [-0.2, 0) is 16.4 Å². The molecule has 0 aliphatic carbocycles. The Balaban J connectivity index is 1.71. The third kappa shape index (κ3) is 3.27. The highest BCUT2D eigenvalue weighted by Crippen LogP contribution is 2.52. The van der Waals surface area contributed by atoms with Crippen LogP contribution in [0, 0.1) is 6.92 Å². The van der Waals surface area contributed by atoms with Gasteiger partial charge in [0.25, 0.3) is 5.91 Å². The largest absolute Gasteiger partial charge is 0.416 e. The van der Waals surface area contributed by atoms with Gasteiger partial charge in [0, 0.05) is 29.9 Å². The lowest BCUT2D eigenvalue weighted by molar-refractivity contribution is -0.137. The van der Waals surface area contributed by atoms with E-state index >= 15 is 0 Å². The summed E-state index contributed by atoms with van der Waals surface area (Å²) in [5.74, 6) is -0.208. The highest BCUT2D eigenvalue weighted by atomic mass is 19.4. The number of nitrogens with zero attached hydrogens (tertiary/aromatic N) is 3. The zero-order valence-electron chi connectivity index (χ0n) is 18.3. The zero-order valence-corrected chi connectivity index (χ0v) is 18.3. The van der Waals surface area contributed by atoms with Crippen LogP contribution in [0.5, 0.6) is 0 Å². The van der Waals surface area contributed by atoms with Gasteiger partial charge >= 0.3 is 6.18 Å². The van der Waals surface area contributed by atoms with Crippen LogP contribution in [0.3, 0.4) is 0 Å². The topological polar surface area (TPSA) is 57.1 Å². The lowest BCUT2D eigenvalue weighted by atomic mass is 9.62. The number of anilines is 1. The van der Waals surface area contributed by atoms with Gasteiger partial charge in [-0.3, -0.25) is 4.79 Å². The number of azo groups is 1. The molecule has 3 heterocycles. The first kappa shape index (κ1) is 21.4. The molecule has 0 radical (unpaired) electrons. The predicted molar refractivity (Wildman–Crippen MR) is 118 cm³/mol. The van der Waals surface area contributed by atoms with E-state index in [-0.39, 0.29) is 5.91 Å². The van der Waals surface area contributed by atoms with Crippen LogP contribution < -0.4 is 10.2 Å². The van der Waals surface area contributed by atoms with Crippen molar-refractivity contribution in [3.05, 3.63) is 88.3 Å². The molecule has 0 saturated carbocycles. The summed E-state index contributed by atoms with van der Waals surface area (Å²) in [5, 5.41) is 11.6. The molecule has 3 aliphatic rings. The maximum Gasteiger partial charge on any atom is 0.416 e. The SMILES string of the molecule is CC[C@]1(c2cccc(C(F)(F)F)c2)C2=CN=NC2NC2=C1C(=O)N(c1cccc(C)c1)CC2. The first-order valence-corrected chi connectivity index (χ1v) is 10.9. The molecular formula is C25H23F3N4O. The van der Waals surface area contributed by atoms with Gasteiger partial charge in [0.1, 0.15) is 0 Å². The van der Waals surface area contributed by atoms with Gasteiger partial charge in [0.2, 0.25) is 0 Å². The minimum absolute atomic E-state index is 0.208. The van der Waals surface area contributed by atoms with Gasteiger partial charge in [0.05, 0.1) is 22.8 Å². The molecule has 5 rings (SSSR count). The van der Waals surface area contributed by atoms with Gasteiger partial charge in [-0.2, -0.15) is 23.4 Å². The van der Waals surface area contributed by atoms with Gasteiger partial charge < -0.3 is 10.2 Å². The second-order valence-electron chi connectivity index (χ2n) is 8.60. The highest BCUT2D eigenvalue weighted by molar-refractivity contribution is 6.09. The summed E-state index contributed by atoms with van der Waals surface area (Å²) < 4.78 is 40.8. The van der Waals surface area contributed by atoms with Gasteiger partial charge in [0.15, 0.2) is 6.17 Å². The van der Waals surface area contributed by atoms with Crippen LogP contribution in [0.4, 0.5) is 18.9 Å². The summed E-state index contributed by atoms with van der Waals surface area (Å²) in [5.41, 5.74) is 2.33. The molecule has 8 heteroatoms. The molecule has 1 amide bonds. The first-order chi connectivity index (χ1) is 15.8. The standard InChI is InChI=1S/C25H23F3N4O/c1-3-24(16-7-5-8-17(13-16)25(26,27)28)19-14-29-31-22(19)30-20-10-11-32(23(33)21(20)24)18-9-4-6-15(2)12-18/h4-9,12-14,22,30H,3,10-11H2,1-2H3/t22?,24-/m0/s1. The monoisotopic (exact) mass is 452 g/mol. The number of halogens is 3.